The number of benzene rings is 1. The molecule has 6 heteroatoms. The Morgan fingerprint density at radius 1 is 1.20 bits per heavy atom. The molecule has 1 heterocycles. The zero-order valence-electron chi connectivity index (χ0n) is 18.4. The molecule has 1 aliphatic carbocycles. The molecule has 1 aromatic heterocycles. The van der Waals surface area contributed by atoms with E-state index in [2.05, 4.69) is 45.6 Å². The van der Waals surface area contributed by atoms with Crippen molar-refractivity contribution in [3.05, 3.63) is 33.9 Å². The molecule has 3 rings (SSSR count). The summed E-state index contributed by atoms with van der Waals surface area (Å²) in [6.45, 7) is 8.72. The lowest BCUT2D eigenvalue weighted by atomic mass is 9.84. The Hall–Kier alpha value is -1.91. The predicted molar refractivity (Wildman–Crippen MR) is 120 cm³/mol. The third-order valence-corrected chi connectivity index (χ3v) is 6.24. The Balaban J connectivity index is 0.00000101. The Kier molecular flexibility index (Phi) is 8.87. The summed E-state index contributed by atoms with van der Waals surface area (Å²) >= 11 is 3.92. The van der Waals surface area contributed by atoms with Gasteiger partial charge in [0, 0.05) is 23.9 Å². The summed E-state index contributed by atoms with van der Waals surface area (Å²) in [4.78, 5) is 28.3. The van der Waals surface area contributed by atoms with E-state index in [1.54, 1.807) is 0 Å². The first-order chi connectivity index (χ1) is 14.2. The van der Waals surface area contributed by atoms with E-state index in [1.165, 1.54) is 58.7 Å². The van der Waals surface area contributed by atoms with E-state index in [-0.39, 0.29) is 12.1 Å². The van der Waals surface area contributed by atoms with Crippen LogP contribution in [0, 0.1) is 6.92 Å². The Morgan fingerprint density at radius 3 is 2.43 bits per heavy atom. The molecule has 0 spiro atoms. The van der Waals surface area contributed by atoms with Gasteiger partial charge in [0.25, 0.3) is 0 Å². The minimum Gasteiger partial charge on any atom is -0.460 e. The highest BCUT2D eigenvalue weighted by Crippen LogP contribution is 2.42. The number of hydrogen-bond donors (Lipinski definition) is 0. The topological polar surface area (TPSA) is 65.4 Å². The van der Waals surface area contributed by atoms with E-state index >= 15 is 0 Å². The van der Waals surface area contributed by atoms with E-state index in [0.29, 0.717) is 12.3 Å². The third kappa shape index (κ3) is 6.55. The molecule has 0 bridgehead atoms. The van der Waals surface area contributed by atoms with E-state index in [1.807, 2.05) is 20.8 Å². The van der Waals surface area contributed by atoms with Crippen LogP contribution in [0.1, 0.15) is 82.8 Å². The SMILES string of the molecule is Cc1ccc2c(C3CCCCC3)c(Br)n(CCCC(=O)OC(C)(C)C)c2c1.O=C=O. The number of rotatable bonds is 5. The molecular formula is C24H32BrNO4. The Bertz CT molecular complexity index is 898. The van der Waals surface area contributed by atoms with E-state index in [0.717, 1.165) is 13.0 Å². The number of aryl methyl sites for hydroxylation is 2. The summed E-state index contributed by atoms with van der Waals surface area (Å²) in [5.41, 5.74) is 3.62. The highest BCUT2D eigenvalue weighted by atomic mass is 79.9. The minimum atomic E-state index is -0.414. The number of hydrogen-bond acceptors (Lipinski definition) is 4. The number of ether oxygens (including phenoxy) is 1. The second-order valence-corrected chi connectivity index (χ2v) is 9.74. The largest absolute Gasteiger partial charge is 0.460 e. The van der Waals surface area contributed by atoms with Gasteiger partial charge in [0.05, 0.1) is 4.60 Å². The molecule has 0 amide bonds. The maximum atomic E-state index is 12.1. The molecular weight excluding hydrogens is 446 g/mol. The lowest BCUT2D eigenvalue weighted by Gasteiger charge is -2.22. The summed E-state index contributed by atoms with van der Waals surface area (Å²) in [5.74, 6) is 0.532. The molecule has 5 nitrogen and oxygen atoms in total. The Labute approximate surface area is 187 Å². The van der Waals surface area contributed by atoms with Crippen LogP contribution in [-0.2, 0) is 25.7 Å². The number of esters is 1. The maximum absolute atomic E-state index is 12.1. The average molecular weight is 478 g/mol. The fourth-order valence-electron chi connectivity index (χ4n) is 4.23. The van der Waals surface area contributed by atoms with Crippen LogP contribution in [-0.4, -0.2) is 22.3 Å². The summed E-state index contributed by atoms with van der Waals surface area (Å²) in [6.07, 6.45) is 8.07. The lowest BCUT2D eigenvalue weighted by Crippen LogP contribution is -2.23. The molecule has 0 saturated heterocycles. The van der Waals surface area contributed by atoms with Crippen LogP contribution in [0.5, 0.6) is 0 Å². The number of fused-ring (bicyclic) bond motifs is 1. The molecule has 164 valence electrons. The summed E-state index contributed by atoms with van der Waals surface area (Å²) in [5, 5.41) is 1.37. The van der Waals surface area contributed by atoms with Gasteiger partial charge in [-0.05, 0) is 86.0 Å². The average Bonchev–Trinajstić information content (AvgIpc) is 2.93. The highest BCUT2D eigenvalue weighted by molar-refractivity contribution is 9.10. The van der Waals surface area contributed by atoms with Gasteiger partial charge < -0.3 is 9.30 Å². The van der Waals surface area contributed by atoms with Crippen molar-refractivity contribution in [1.29, 1.82) is 0 Å². The smallest absolute Gasteiger partial charge is 0.373 e. The monoisotopic (exact) mass is 477 g/mol. The second-order valence-electron chi connectivity index (χ2n) is 8.98. The zero-order valence-corrected chi connectivity index (χ0v) is 20.0. The van der Waals surface area contributed by atoms with Gasteiger partial charge >= 0.3 is 12.1 Å². The van der Waals surface area contributed by atoms with Crippen LogP contribution in [0.25, 0.3) is 10.9 Å². The van der Waals surface area contributed by atoms with Crippen LogP contribution in [0.3, 0.4) is 0 Å². The zero-order chi connectivity index (χ0) is 22.3. The number of carbonyl (C=O) groups excluding carboxylic acids is 3. The van der Waals surface area contributed by atoms with Crippen LogP contribution < -0.4 is 0 Å². The molecule has 0 atom stereocenters. The number of halogens is 1. The molecule has 0 aliphatic heterocycles. The van der Waals surface area contributed by atoms with Crippen molar-refractivity contribution >= 4 is 39.0 Å². The van der Waals surface area contributed by atoms with E-state index in [4.69, 9.17) is 14.3 Å². The Morgan fingerprint density at radius 2 is 1.83 bits per heavy atom. The third-order valence-electron chi connectivity index (χ3n) is 5.39. The molecule has 2 aromatic rings. The lowest BCUT2D eigenvalue weighted by molar-refractivity contribution is -0.191. The number of carbonyl (C=O) groups is 1. The first-order valence-electron chi connectivity index (χ1n) is 10.7. The molecule has 0 unspecified atom stereocenters. The van der Waals surface area contributed by atoms with Gasteiger partial charge in [-0.3, -0.25) is 4.79 Å². The normalized spacial score (nSPS) is 14.7. The number of nitrogens with zero attached hydrogens (tertiary/aromatic N) is 1. The molecule has 1 aromatic carbocycles. The number of aromatic nitrogens is 1. The predicted octanol–water partition coefficient (Wildman–Crippen LogP) is 6.30. The second kappa shape index (κ2) is 10.9. The first-order valence-corrected chi connectivity index (χ1v) is 11.5. The molecule has 1 fully saturated rings. The first kappa shape index (κ1) is 24.4. The minimum absolute atomic E-state index is 0.112. The van der Waals surface area contributed by atoms with E-state index < -0.39 is 5.60 Å². The van der Waals surface area contributed by atoms with Crippen molar-refractivity contribution < 1.29 is 19.1 Å². The van der Waals surface area contributed by atoms with Crippen molar-refractivity contribution in [2.24, 2.45) is 0 Å². The van der Waals surface area contributed by atoms with Crippen LogP contribution in [0.15, 0.2) is 22.8 Å². The van der Waals surface area contributed by atoms with Gasteiger partial charge in [0.2, 0.25) is 0 Å². The fourth-order valence-corrected chi connectivity index (χ4v) is 5.13. The van der Waals surface area contributed by atoms with Crippen LogP contribution in [0.2, 0.25) is 0 Å². The molecule has 1 saturated carbocycles. The molecule has 30 heavy (non-hydrogen) atoms. The molecule has 1 aliphatic rings. The summed E-state index contributed by atoms with van der Waals surface area (Å²) in [6, 6.07) is 6.77. The molecule has 0 radical (unpaired) electrons. The van der Waals surface area contributed by atoms with Crippen LogP contribution >= 0.6 is 15.9 Å². The van der Waals surface area contributed by atoms with Crippen LogP contribution in [0.4, 0.5) is 0 Å². The van der Waals surface area contributed by atoms with Gasteiger partial charge in [0.1, 0.15) is 5.60 Å². The van der Waals surface area contributed by atoms with Crippen molar-refractivity contribution in [3.63, 3.8) is 0 Å². The van der Waals surface area contributed by atoms with E-state index in [9.17, 15) is 4.79 Å². The van der Waals surface area contributed by atoms with Gasteiger partial charge in [-0.1, -0.05) is 31.4 Å². The van der Waals surface area contributed by atoms with Gasteiger partial charge in [-0.25, -0.2) is 0 Å². The summed E-state index contributed by atoms with van der Waals surface area (Å²) < 4.78 is 9.02. The standard InChI is InChI=1S/C23H32BrNO2.CO2/c1-16-12-13-18-19(15-16)25(14-8-11-20(26)27-23(2,3)4)22(24)21(18)17-9-6-5-7-10-17;2-1-3/h12-13,15,17H,5-11,14H2,1-4H3;. The maximum Gasteiger partial charge on any atom is 0.373 e. The van der Waals surface area contributed by atoms with Gasteiger partial charge in [0.15, 0.2) is 0 Å². The fraction of sp³-hybridized carbons (Fsp3) is 0.583. The van der Waals surface area contributed by atoms with Crippen molar-refractivity contribution in [2.75, 3.05) is 0 Å². The quantitative estimate of drug-likeness (QED) is 0.473. The highest BCUT2D eigenvalue weighted by Gasteiger charge is 2.24. The van der Waals surface area contributed by atoms with Gasteiger partial charge in [-0.2, -0.15) is 9.59 Å². The van der Waals surface area contributed by atoms with Gasteiger partial charge in [-0.15, -0.1) is 0 Å². The van der Waals surface area contributed by atoms with Crippen molar-refractivity contribution in [1.82, 2.24) is 4.57 Å². The van der Waals surface area contributed by atoms with Crippen molar-refractivity contribution in [3.8, 4) is 0 Å². The molecule has 0 N–H and O–H groups in total. The van der Waals surface area contributed by atoms with Crippen molar-refractivity contribution in [2.45, 2.75) is 90.7 Å². The summed E-state index contributed by atoms with van der Waals surface area (Å²) in [7, 11) is 0.